The number of para-hydroxylation sites is 5. The van der Waals surface area contributed by atoms with Gasteiger partial charge in [0.15, 0.2) is 0 Å². The molecule has 0 radical (unpaired) electrons. The fourth-order valence-corrected chi connectivity index (χ4v) is 7.56. The van der Waals surface area contributed by atoms with Crippen molar-refractivity contribution < 1.29 is 0 Å². The van der Waals surface area contributed by atoms with Crippen molar-refractivity contribution >= 4 is 60.5 Å². The molecule has 2 aromatic heterocycles. The van der Waals surface area contributed by atoms with Gasteiger partial charge in [-0.1, -0.05) is 127 Å². The molecule has 0 aliphatic heterocycles. The Kier molecular flexibility index (Phi) is 7.10. The van der Waals surface area contributed by atoms with E-state index in [1.807, 2.05) is 12.1 Å². The van der Waals surface area contributed by atoms with Gasteiger partial charge in [-0.05, 0) is 77.5 Å². The van der Waals surface area contributed by atoms with Crippen LogP contribution in [0.4, 0.5) is 17.1 Å². The van der Waals surface area contributed by atoms with Crippen LogP contribution in [0.5, 0.6) is 0 Å². The third-order valence-corrected chi connectivity index (χ3v) is 9.94. The summed E-state index contributed by atoms with van der Waals surface area (Å²) in [5, 5.41) is 5.89. The van der Waals surface area contributed by atoms with E-state index in [2.05, 4.69) is 191 Å². The molecule has 52 heavy (non-hydrogen) atoms. The molecule has 0 amide bonds. The SMILES string of the molecule is c1ccc(N(c2ccccc2)c2ccc(-c3nc4cc(-c5nc6ccccc6n5-c5ccccc5)ccc4c4c3ccc3ccccc34)cc2)cc1. The van der Waals surface area contributed by atoms with Crippen LogP contribution >= 0.6 is 0 Å². The topological polar surface area (TPSA) is 34.0 Å². The van der Waals surface area contributed by atoms with Crippen LogP contribution in [-0.2, 0) is 0 Å². The Morgan fingerprint density at radius 3 is 1.75 bits per heavy atom. The highest BCUT2D eigenvalue weighted by Crippen LogP contribution is 2.40. The normalized spacial score (nSPS) is 11.5. The van der Waals surface area contributed by atoms with E-state index < -0.39 is 0 Å². The molecule has 0 N–H and O–H groups in total. The Hall–Kier alpha value is -7.04. The summed E-state index contributed by atoms with van der Waals surface area (Å²) in [4.78, 5) is 12.9. The van der Waals surface area contributed by atoms with Crippen LogP contribution in [0.3, 0.4) is 0 Å². The quantitative estimate of drug-likeness (QED) is 0.166. The third-order valence-electron chi connectivity index (χ3n) is 9.94. The average molecular weight is 665 g/mol. The van der Waals surface area contributed by atoms with Gasteiger partial charge < -0.3 is 4.90 Å². The first-order valence-electron chi connectivity index (χ1n) is 17.6. The zero-order valence-electron chi connectivity index (χ0n) is 28.3. The lowest BCUT2D eigenvalue weighted by molar-refractivity contribution is 1.10. The van der Waals surface area contributed by atoms with E-state index in [1.165, 1.54) is 16.2 Å². The van der Waals surface area contributed by atoms with Gasteiger partial charge in [-0.3, -0.25) is 4.57 Å². The van der Waals surface area contributed by atoms with Crippen LogP contribution in [0, 0.1) is 0 Å². The molecular weight excluding hydrogens is 633 g/mol. The molecule has 0 aliphatic rings. The molecule has 0 spiro atoms. The molecule has 10 aromatic rings. The Labute approximate surface area is 301 Å². The summed E-state index contributed by atoms with van der Waals surface area (Å²) in [6.45, 7) is 0. The largest absolute Gasteiger partial charge is 0.311 e. The number of fused-ring (bicyclic) bond motifs is 6. The maximum atomic E-state index is 5.46. The van der Waals surface area contributed by atoms with Crippen molar-refractivity contribution in [1.82, 2.24) is 14.5 Å². The summed E-state index contributed by atoms with van der Waals surface area (Å²) in [5.41, 5.74) is 10.4. The Balaban J connectivity index is 1.18. The molecule has 0 saturated heterocycles. The lowest BCUT2D eigenvalue weighted by Gasteiger charge is -2.25. The zero-order chi connectivity index (χ0) is 34.4. The molecule has 0 bridgehead atoms. The first kappa shape index (κ1) is 29.8. The van der Waals surface area contributed by atoms with Gasteiger partial charge in [0.2, 0.25) is 0 Å². The molecular formula is C48H32N4. The van der Waals surface area contributed by atoms with E-state index in [1.54, 1.807) is 0 Å². The minimum absolute atomic E-state index is 0.891. The van der Waals surface area contributed by atoms with Crippen molar-refractivity contribution in [2.45, 2.75) is 0 Å². The second-order valence-corrected chi connectivity index (χ2v) is 13.1. The van der Waals surface area contributed by atoms with E-state index in [-0.39, 0.29) is 0 Å². The van der Waals surface area contributed by atoms with Crippen LogP contribution in [0.1, 0.15) is 0 Å². The summed E-state index contributed by atoms with van der Waals surface area (Å²) in [5.74, 6) is 0.891. The standard InChI is InChI=1S/C48H32N4/c1-4-15-36(16-5-1)51(37-17-6-2-7-18-37)39-28-24-34(25-29-39)47-42-31-26-33-14-10-11-21-40(33)46(42)41-30-27-35(32-44(41)49-47)48-50-43-22-12-13-23-45(43)52(48)38-19-8-3-9-20-38/h1-32H. The van der Waals surface area contributed by atoms with Crippen molar-refractivity contribution in [1.29, 1.82) is 0 Å². The van der Waals surface area contributed by atoms with Gasteiger partial charge in [-0.2, -0.15) is 0 Å². The van der Waals surface area contributed by atoms with Crippen molar-refractivity contribution in [2.24, 2.45) is 0 Å². The molecule has 0 saturated carbocycles. The molecule has 4 nitrogen and oxygen atoms in total. The number of imidazole rings is 1. The molecule has 244 valence electrons. The van der Waals surface area contributed by atoms with Crippen molar-refractivity contribution in [3.63, 3.8) is 0 Å². The van der Waals surface area contributed by atoms with E-state index in [0.717, 1.165) is 72.7 Å². The van der Waals surface area contributed by atoms with Crippen molar-refractivity contribution in [2.75, 3.05) is 4.90 Å². The molecule has 0 unspecified atom stereocenters. The predicted octanol–water partition coefficient (Wildman–Crippen LogP) is 12.7. The first-order valence-corrected chi connectivity index (χ1v) is 17.6. The van der Waals surface area contributed by atoms with Gasteiger partial charge >= 0.3 is 0 Å². The Bertz CT molecular complexity index is 2840. The highest BCUT2D eigenvalue weighted by atomic mass is 15.1. The molecule has 4 heteroatoms. The number of pyridine rings is 1. The average Bonchev–Trinajstić information content (AvgIpc) is 3.61. The maximum absolute atomic E-state index is 5.46. The van der Waals surface area contributed by atoms with E-state index in [4.69, 9.17) is 9.97 Å². The van der Waals surface area contributed by atoms with Crippen LogP contribution < -0.4 is 4.90 Å². The molecule has 8 aromatic carbocycles. The minimum atomic E-state index is 0.891. The highest BCUT2D eigenvalue weighted by molar-refractivity contribution is 6.22. The fourth-order valence-electron chi connectivity index (χ4n) is 7.56. The number of aromatic nitrogens is 3. The molecule has 0 fully saturated rings. The van der Waals surface area contributed by atoms with Gasteiger partial charge in [0.1, 0.15) is 5.82 Å². The third kappa shape index (κ3) is 5.00. The second kappa shape index (κ2) is 12.4. The predicted molar refractivity (Wildman–Crippen MR) is 217 cm³/mol. The monoisotopic (exact) mass is 664 g/mol. The van der Waals surface area contributed by atoms with Crippen LogP contribution in [0.2, 0.25) is 0 Å². The molecule has 10 rings (SSSR count). The van der Waals surface area contributed by atoms with Gasteiger partial charge in [0, 0.05) is 50.0 Å². The minimum Gasteiger partial charge on any atom is -0.311 e. The summed E-state index contributed by atoms with van der Waals surface area (Å²) in [6.07, 6.45) is 0. The number of nitrogens with zero attached hydrogens (tertiary/aromatic N) is 4. The summed E-state index contributed by atoms with van der Waals surface area (Å²) in [6, 6.07) is 68.4. The number of anilines is 3. The molecule has 0 atom stereocenters. The van der Waals surface area contributed by atoms with E-state index in [0.29, 0.717) is 0 Å². The zero-order valence-corrected chi connectivity index (χ0v) is 28.3. The number of hydrogen-bond acceptors (Lipinski definition) is 3. The van der Waals surface area contributed by atoms with Crippen LogP contribution in [0.25, 0.3) is 71.8 Å². The van der Waals surface area contributed by atoms with Gasteiger partial charge in [0.05, 0.1) is 22.2 Å². The maximum Gasteiger partial charge on any atom is 0.145 e. The second-order valence-electron chi connectivity index (χ2n) is 13.1. The smallest absolute Gasteiger partial charge is 0.145 e. The van der Waals surface area contributed by atoms with Gasteiger partial charge in [-0.15, -0.1) is 0 Å². The fraction of sp³-hybridized carbons (Fsp3) is 0. The molecule has 2 heterocycles. The number of hydrogen-bond donors (Lipinski definition) is 0. The number of rotatable bonds is 6. The Morgan fingerprint density at radius 2 is 1.00 bits per heavy atom. The van der Waals surface area contributed by atoms with E-state index >= 15 is 0 Å². The summed E-state index contributed by atoms with van der Waals surface area (Å²) < 4.78 is 2.25. The summed E-state index contributed by atoms with van der Waals surface area (Å²) in [7, 11) is 0. The van der Waals surface area contributed by atoms with Crippen LogP contribution in [0.15, 0.2) is 194 Å². The number of benzene rings is 8. The Morgan fingerprint density at radius 1 is 0.404 bits per heavy atom. The van der Waals surface area contributed by atoms with Gasteiger partial charge in [0.25, 0.3) is 0 Å². The van der Waals surface area contributed by atoms with E-state index in [9.17, 15) is 0 Å². The molecule has 0 aliphatic carbocycles. The van der Waals surface area contributed by atoms with Gasteiger partial charge in [-0.25, -0.2) is 9.97 Å². The lowest BCUT2D eigenvalue weighted by Crippen LogP contribution is -2.09. The highest BCUT2D eigenvalue weighted by Gasteiger charge is 2.19. The van der Waals surface area contributed by atoms with Crippen molar-refractivity contribution in [3.8, 4) is 28.3 Å². The van der Waals surface area contributed by atoms with Crippen LogP contribution in [-0.4, -0.2) is 14.5 Å². The van der Waals surface area contributed by atoms with Crippen molar-refractivity contribution in [3.05, 3.63) is 194 Å². The lowest BCUT2D eigenvalue weighted by atomic mass is 9.94. The first-order chi connectivity index (χ1) is 25.8. The summed E-state index contributed by atoms with van der Waals surface area (Å²) >= 11 is 0.